The molecule has 0 aromatic heterocycles. The fourth-order valence-corrected chi connectivity index (χ4v) is 0. The van der Waals surface area contributed by atoms with Gasteiger partial charge in [0.25, 0.3) is 0 Å². The molecule has 0 saturated carbocycles. The van der Waals surface area contributed by atoms with E-state index in [4.69, 9.17) is 13.0 Å². The summed E-state index contributed by atoms with van der Waals surface area (Å²) < 4.78 is 8.34. The first kappa shape index (κ1) is 15.8. The molecule has 0 amide bonds. The zero-order valence-electron chi connectivity index (χ0n) is 5.22. The van der Waals surface area contributed by atoms with Crippen LogP contribution < -0.4 is 0 Å². The molecular weight excluding hydrogens is 187 g/mol. The van der Waals surface area contributed by atoms with Gasteiger partial charge < -0.3 is 10.2 Å². The summed E-state index contributed by atoms with van der Waals surface area (Å²) in [5.41, 5.74) is 0. The topological polar surface area (TPSA) is 57.5 Å². The summed E-state index contributed by atoms with van der Waals surface area (Å²) in [6.07, 6.45) is 0. The Morgan fingerprint density at radius 2 is 1.12 bits per heavy atom. The zero-order valence-corrected chi connectivity index (χ0v) is 7.67. The van der Waals surface area contributed by atoms with Crippen molar-refractivity contribution in [1.82, 2.24) is 0 Å². The van der Waals surface area contributed by atoms with Crippen molar-refractivity contribution in [1.29, 1.82) is 0 Å². The van der Waals surface area contributed by atoms with Crippen LogP contribution in [0.3, 0.4) is 0 Å². The van der Waals surface area contributed by atoms with E-state index in [1.165, 1.54) is 0 Å². The summed E-state index contributed by atoms with van der Waals surface area (Å²) in [4.78, 5) is 0. The van der Waals surface area contributed by atoms with E-state index in [9.17, 15) is 0 Å². The molecule has 0 aromatic carbocycles. The van der Waals surface area contributed by atoms with Crippen molar-refractivity contribution < 1.29 is 37.7 Å². The Labute approximate surface area is 65.0 Å². The molecule has 3 nitrogen and oxygen atoms in total. The predicted molar refractivity (Wildman–Crippen MR) is 26.2 cm³/mol. The van der Waals surface area contributed by atoms with Gasteiger partial charge >= 0.3 is 27.5 Å². The van der Waals surface area contributed by atoms with Gasteiger partial charge in [-0.05, 0) is 13.8 Å². The standard InChI is InChI=1S/2C2H6O.O.Zr/c2*1-2-3;;/h2*3H,2H2,1H3;;. The van der Waals surface area contributed by atoms with Crippen LogP contribution in [0.1, 0.15) is 13.8 Å². The minimum atomic E-state index is 0.250. The maximum absolute atomic E-state index is 8.34. The van der Waals surface area contributed by atoms with Gasteiger partial charge in [0.05, 0.1) is 0 Å². The Balaban J connectivity index is -0.0000000483. The summed E-state index contributed by atoms with van der Waals surface area (Å²) in [5.74, 6) is 0. The molecule has 0 spiro atoms. The quantitative estimate of drug-likeness (QED) is 0.572. The molecule has 0 aliphatic rings. The monoisotopic (exact) mass is 198 g/mol. The molecule has 4 heteroatoms. The molecule has 0 heterocycles. The van der Waals surface area contributed by atoms with E-state index in [0.717, 1.165) is 0 Å². The number of aliphatic hydroxyl groups excluding tert-OH is 2. The van der Waals surface area contributed by atoms with Crippen molar-refractivity contribution in [2.24, 2.45) is 0 Å². The third-order valence-electron chi connectivity index (χ3n) is 0. The average molecular weight is 199 g/mol. The molecule has 50 valence electrons. The van der Waals surface area contributed by atoms with E-state index in [0.29, 0.717) is 24.7 Å². The molecule has 0 rings (SSSR count). The van der Waals surface area contributed by atoms with Gasteiger partial charge in [-0.25, -0.2) is 0 Å². The van der Waals surface area contributed by atoms with E-state index >= 15 is 0 Å². The van der Waals surface area contributed by atoms with Crippen molar-refractivity contribution in [3.8, 4) is 0 Å². The zero-order chi connectivity index (χ0) is 7.41. The fourth-order valence-electron chi connectivity index (χ4n) is 0. The third kappa shape index (κ3) is 570. The van der Waals surface area contributed by atoms with E-state index in [1.807, 2.05) is 0 Å². The van der Waals surface area contributed by atoms with Crippen LogP contribution in [0.4, 0.5) is 0 Å². The molecule has 0 radical (unpaired) electrons. The van der Waals surface area contributed by atoms with E-state index in [-0.39, 0.29) is 13.2 Å². The van der Waals surface area contributed by atoms with E-state index in [2.05, 4.69) is 0 Å². The Kier molecular flexibility index (Phi) is 96.9. The van der Waals surface area contributed by atoms with Gasteiger partial charge in [0, 0.05) is 13.2 Å². The molecular formula is C4H12O3Zr. The summed E-state index contributed by atoms with van der Waals surface area (Å²) in [7, 11) is 0. The first-order chi connectivity index (χ1) is 3.83. The molecule has 2 N–H and O–H groups in total. The van der Waals surface area contributed by atoms with Crippen LogP contribution in [0.25, 0.3) is 0 Å². The predicted octanol–water partition coefficient (Wildman–Crippen LogP) is -0.124. The Morgan fingerprint density at radius 3 is 1.12 bits per heavy atom. The second-order valence-electron chi connectivity index (χ2n) is 0.632. The third-order valence-corrected chi connectivity index (χ3v) is 0. The normalized spacial score (nSPS) is 4.88. The van der Waals surface area contributed by atoms with Gasteiger partial charge in [0.2, 0.25) is 0 Å². The molecule has 0 bridgehead atoms. The van der Waals surface area contributed by atoms with E-state index < -0.39 is 0 Å². The maximum atomic E-state index is 8.34. The summed E-state index contributed by atoms with van der Waals surface area (Å²) in [6.45, 7) is 3.86. The number of aliphatic hydroxyl groups is 2. The molecule has 0 unspecified atom stereocenters. The van der Waals surface area contributed by atoms with Gasteiger partial charge in [-0.1, -0.05) is 0 Å². The number of hydrogen-bond donors (Lipinski definition) is 2. The van der Waals surface area contributed by atoms with Gasteiger partial charge in [0.1, 0.15) is 0 Å². The van der Waals surface area contributed by atoms with Crippen molar-refractivity contribution >= 4 is 0 Å². The van der Waals surface area contributed by atoms with Crippen LogP contribution in [-0.2, 0) is 27.5 Å². The first-order valence-electron chi connectivity index (χ1n) is 2.25. The number of rotatable bonds is 0. The average Bonchev–Trinajstić information content (AvgIpc) is 1.75. The van der Waals surface area contributed by atoms with Crippen LogP contribution in [0.15, 0.2) is 0 Å². The molecule has 8 heavy (non-hydrogen) atoms. The van der Waals surface area contributed by atoms with Gasteiger partial charge in [-0.3, -0.25) is 0 Å². The van der Waals surface area contributed by atoms with Gasteiger partial charge in [-0.2, -0.15) is 0 Å². The van der Waals surface area contributed by atoms with Crippen molar-refractivity contribution in [3.63, 3.8) is 0 Å². The molecule has 0 atom stereocenters. The molecule has 0 saturated heterocycles. The van der Waals surface area contributed by atoms with Crippen molar-refractivity contribution in [3.05, 3.63) is 0 Å². The molecule has 0 aliphatic heterocycles. The van der Waals surface area contributed by atoms with Crippen LogP contribution in [0.5, 0.6) is 0 Å². The van der Waals surface area contributed by atoms with E-state index in [1.54, 1.807) is 13.8 Å². The summed E-state index contributed by atoms with van der Waals surface area (Å²) in [5, 5.41) is 15.1. The Morgan fingerprint density at radius 1 is 1.12 bits per heavy atom. The van der Waals surface area contributed by atoms with Crippen LogP contribution in [-0.4, -0.2) is 23.4 Å². The van der Waals surface area contributed by atoms with Crippen LogP contribution in [0.2, 0.25) is 0 Å². The second kappa shape index (κ2) is 48.9. The molecule has 0 aromatic rings. The Bertz CT molecular complexity index is 18.8. The second-order valence-corrected chi connectivity index (χ2v) is 0.632. The van der Waals surface area contributed by atoms with Gasteiger partial charge in [-0.15, -0.1) is 0 Å². The molecule has 0 fully saturated rings. The van der Waals surface area contributed by atoms with Crippen molar-refractivity contribution in [2.45, 2.75) is 13.8 Å². The SMILES string of the molecule is CCO.CCO.[O]=[Zr]. The molecule has 0 aliphatic carbocycles. The Hall–Kier alpha value is 0.603. The summed E-state index contributed by atoms with van der Waals surface area (Å²) >= 11 is 0.300. The summed E-state index contributed by atoms with van der Waals surface area (Å²) in [6, 6.07) is 0. The van der Waals surface area contributed by atoms with Crippen LogP contribution >= 0.6 is 0 Å². The van der Waals surface area contributed by atoms with Crippen molar-refractivity contribution in [2.75, 3.05) is 13.2 Å². The van der Waals surface area contributed by atoms with Gasteiger partial charge in [0.15, 0.2) is 0 Å². The number of hydrogen-bond acceptors (Lipinski definition) is 3. The first-order valence-corrected chi connectivity index (χ1v) is 3.25. The van der Waals surface area contributed by atoms with Crippen LogP contribution in [0, 0.1) is 0 Å². The fraction of sp³-hybridized carbons (Fsp3) is 1.00. The minimum absolute atomic E-state index is 0.250.